The van der Waals surface area contributed by atoms with Gasteiger partial charge in [-0.3, -0.25) is 13.9 Å². The fourth-order valence-electron chi connectivity index (χ4n) is 3.90. The molecule has 0 saturated carbocycles. The third kappa shape index (κ3) is 7.90. The summed E-state index contributed by atoms with van der Waals surface area (Å²) in [7, 11) is -2.28. The van der Waals surface area contributed by atoms with E-state index in [0.717, 1.165) is 36.2 Å². The largest absolute Gasteiger partial charge is 0.357 e. The van der Waals surface area contributed by atoms with Gasteiger partial charge in [0.1, 0.15) is 12.6 Å². The van der Waals surface area contributed by atoms with Crippen molar-refractivity contribution in [2.24, 2.45) is 0 Å². The van der Waals surface area contributed by atoms with Crippen LogP contribution in [0.2, 0.25) is 0 Å². The molecule has 0 aliphatic heterocycles. The topological polar surface area (TPSA) is 86.8 Å². The van der Waals surface area contributed by atoms with Gasteiger partial charge in [0, 0.05) is 29.0 Å². The number of carbonyl (C=O) groups is 2. The smallest absolute Gasteiger partial charge is 0.244 e. The molecule has 0 unspecified atom stereocenters. The Morgan fingerprint density at radius 3 is 2.16 bits per heavy atom. The van der Waals surface area contributed by atoms with Gasteiger partial charge in [0.15, 0.2) is 0 Å². The fourth-order valence-corrected chi connectivity index (χ4v) is 5.26. The summed E-state index contributed by atoms with van der Waals surface area (Å²) < 4.78 is 28.4. The normalized spacial score (nSPS) is 12.0. The third-order valence-corrected chi connectivity index (χ3v) is 8.45. The molecule has 0 bridgehead atoms. The van der Waals surface area contributed by atoms with Crippen LogP contribution in [0, 0.1) is 6.92 Å². The van der Waals surface area contributed by atoms with Gasteiger partial charge in [-0.25, -0.2) is 8.42 Å². The van der Waals surface area contributed by atoms with E-state index >= 15 is 0 Å². The lowest BCUT2D eigenvalue weighted by atomic mass is 10.0. The minimum Gasteiger partial charge on any atom is -0.357 e. The Balaban J connectivity index is 2.03. The second-order valence-corrected chi connectivity index (χ2v) is 12.3. The zero-order valence-corrected chi connectivity index (χ0v) is 24.8. The molecule has 3 aromatic carbocycles. The van der Waals surface area contributed by atoms with Gasteiger partial charge >= 0.3 is 0 Å². The monoisotopic (exact) mass is 649 g/mol. The highest BCUT2D eigenvalue weighted by Crippen LogP contribution is 2.25. The lowest BCUT2D eigenvalue weighted by Crippen LogP contribution is -2.52. The van der Waals surface area contributed by atoms with Crippen molar-refractivity contribution in [3.63, 3.8) is 0 Å². The van der Waals surface area contributed by atoms with Crippen molar-refractivity contribution in [1.82, 2.24) is 10.2 Å². The molecule has 0 aliphatic rings. The summed E-state index contributed by atoms with van der Waals surface area (Å²) in [5.41, 5.74) is 2.90. The van der Waals surface area contributed by atoms with Gasteiger partial charge in [0.25, 0.3) is 0 Å². The van der Waals surface area contributed by atoms with E-state index in [9.17, 15) is 18.0 Å². The Labute approximate surface area is 235 Å². The van der Waals surface area contributed by atoms with Crippen molar-refractivity contribution >= 4 is 59.4 Å². The average Bonchev–Trinajstić information content (AvgIpc) is 2.87. The molecule has 10 heteroatoms. The maximum atomic E-state index is 13.9. The molecule has 37 heavy (non-hydrogen) atoms. The minimum atomic E-state index is -3.80. The van der Waals surface area contributed by atoms with E-state index in [-0.39, 0.29) is 18.9 Å². The van der Waals surface area contributed by atoms with E-state index in [0.29, 0.717) is 5.69 Å². The number of aryl methyl sites for hydroxylation is 1. The number of rotatable bonds is 10. The number of nitrogens with zero attached hydrogens (tertiary/aromatic N) is 2. The lowest BCUT2D eigenvalue weighted by Gasteiger charge is -2.33. The van der Waals surface area contributed by atoms with Crippen LogP contribution in [0.1, 0.15) is 16.7 Å². The first kappa shape index (κ1) is 28.9. The summed E-state index contributed by atoms with van der Waals surface area (Å²) in [6.07, 6.45) is 1.34. The Morgan fingerprint density at radius 1 is 0.946 bits per heavy atom. The zero-order chi connectivity index (χ0) is 27.2. The highest BCUT2D eigenvalue weighted by atomic mass is 79.9. The zero-order valence-electron chi connectivity index (χ0n) is 20.8. The van der Waals surface area contributed by atoms with Gasteiger partial charge in [-0.2, -0.15) is 0 Å². The van der Waals surface area contributed by atoms with Crippen LogP contribution in [-0.4, -0.2) is 51.0 Å². The Kier molecular flexibility index (Phi) is 9.92. The van der Waals surface area contributed by atoms with Gasteiger partial charge in [-0.05, 0) is 53.9 Å². The number of sulfonamides is 1. The number of hydrogen-bond acceptors (Lipinski definition) is 4. The van der Waals surface area contributed by atoms with Gasteiger partial charge in [0.2, 0.25) is 21.8 Å². The second kappa shape index (κ2) is 12.7. The molecule has 7 nitrogen and oxygen atoms in total. The second-order valence-electron chi connectivity index (χ2n) is 8.67. The van der Waals surface area contributed by atoms with Crippen LogP contribution in [0.15, 0.2) is 81.7 Å². The number of hydrogen-bond donors (Lipinski definition) is 1. The van der Waals surface area contributed by atoms with Crippen molar-refractivity contribution in [3.8, 4) is 0 Å². The van der Waals surface area contributed by atoms with Crippen molar-refractivity contribution < 1.29 is 18.0 Å². The van der Waals surface area contributed by atoms with Crippen LogP contribution in [0.3, 0.4) is 0 Å². The summed E-state index contributed by atoms with van der Waals surface area (Å²) in [5.74, 6) is -0.821. The van der Waals surface area contributed by atoms with Crippen LogP contribution in [-0.2, 0) is 32.6 Å². The number of likely N-dealkylation sites (N-methyl/N-ethyl adjacent to an activating group) is 1. The van der Waals surface area contributed by atoms with E-state index < -0.39 is 28.5 Å². The number of carbonyl (C=O) groups excluding carboxylic acids is 2. The van der Waals surface area contributed by atoms with Crippen LogP contribution < -0.4 is 9.62 Å². The Morgan fingerprint density at radius 2 is 1.59 bits per heavy atom. The van der Waals surface area contributed by atoms with E-state index in [1.807, 2.05) is 61.5 Å². The molecule has 0 saturated heterocycles. The van der Waals surface area contributed by atoms with Gasteiger partial charge in [-0.1, -0.05) is 74.3 Å². The first-order valence-corrected chi connectivity index (χ1v) is 15.0. The maximum Gasteiger partial charge on any atom is 0.244 e. The molecule has 3 aromatic rings. The fraction of sp³-hybridized carbons (Fsp3) is 0.259. The SMILES string of the molecule is CNC(=O)[C@@H](Cc1ccccc1)N(Cc1ccc(Br)cc1)C(=O)CN(c1ccc(Br)c(C)c1)S(C)(=O)=O. The molecule has 0 fully saturated rings. The summed E-state index contributed by atoms with van der Waals surface area (Å²) in [5, 5.41) is 2.67. The van der Waals surface area contributed by atoms with Gasteiger partial charge < -0.3 is 10.2 Å². The molecule has 1 N–H and O–H groups in total. The minimum absolute atomic E-state index is 0.133. The molecule has 0 heterocycles. The number of anilines is 1. The van der Waals surface area contributed by atoms with Gasteiger partial charge in [-0.15, -0.1) is 0 Å². The molecule has 2 amide bonds. The van der Waals surface area contributed by atoms with Crippen LogP contribution in [0.5, 0.6) is 0 Å². The molecule has 0 spiro atoms. The quantitative estimate of drug-likeness (QED) is 0.346. The molecular weight excluding hydrogens is 622 g/mol. The number of benzene rings is 3. The summed E-state index contributed by atoms with van der Waals surface area (Å²) >= 11 is 6.85. The molecule has 1 atom stereocenters. The predicted molar refractivity (Wildman–Crippen MR) is 154 cm³/mol. The van der Waals surface area contributed by atoms with Gasteiger partial charge in [0.05, 0.1) is 11.9 Å². The van der Waals surface area contributed by atoms with Crippen LogP contribution in [0.4, 0.5) is 5.69 Å². The molecule has 3 rings (SSSR count). The van der Waals surface area contributed by atoms with Crippen LogP contribution >= 0.6 is 31.9 Å². The number of halogens is 2. The van der Waals surface area contributed by atoms with Crippen molar-refractivity contribution in [2.75, 3.05) is 24.2 Å². The van der Waals surface area contributed by atoms with Crippen molar-refractivity contribution in [2.45, 2.75) is 25.9 Å². The molecule has 0 aliphatic carbocycles. The van der Waals surface area contributed by atoms with Crippen LogP contribution in [0.25, 0.3) is 0 Å². The van der Waals surface area contributed by atoms with Crippen molar-refractivity contribution in [3.05, 3.63) is 98.4 Å². The average molecular weight is 651 g/mol. The predicted octanol–water partition coefficient (Wildman–Crippen LogP) is 4.67. The van der Waals surface area contributed by atoms with Crippen molar-refractivity contribution in [1.29, 1.82) is 0 Å². The number of nitrogens with one attached hydrogen (secondary N) is 1. The molecule has 196 valence electrons. The summed E-state index contributed by atoms with van der Waals surface area (Å²) in [6.45, 7) is 1.53. The number of amides is 2. The molecular formula is C27H29Br2N3O4S. The van der Waals surface area contributed by atoms with E-state index in [1.165, 1.54) is 11.9 Å². The molecule has 0 radical (unpaired) electrons. The standard InChI is InChI=1S/C27H29Br2N3O4S/c1-19-15-23(13-14-24(19)29)32(37(3,35)36)18-26(33)31(17-21-9-11-22(28)12-10-21)25(27(34)30-2)16-20-7-5-4-6-8-20/h4-15,25H,16-18H2,1-3H3,(H,30,34)/t25-/m1/s1. The maximum absolute atomic E-state index is 13.9. The van der Waals surface area contributed by atoms with E-state index in [2.05, 4.69) is 37.2 Å². The Bertz CT molecular complexity index is 1350. The first-order valence-electron chi connectivity index (χ1n) is 11.5. The highest BCUT2D eigenvalue weighted by Gasteiger charge is 2.32. The Hall–Kier alpha value is -2.69. The summed E-state index contributed by atoms with van der Waals surface area (Å²) in [4.78, 5) is 28.4. The van der Waals surface area contributed by atoms with E-state index in [4.69, 9.17) is 0 Å². The third-order valence-electron chi connectivity index (χ3n) is 5.89. The lowest BCUT2D eigenvalue weighted by molar-refractivity contribution is -0.139. The van der Waals surface area contributed by atoms with E-state index in [1.54, 1.807) is 18.2 Å². The first-order chi connectivity index (χ1) is 17.5. The highest BCUT2D eigenvalue weighted by molar-refractivity contribution is 9.10. The summed E-state index contributed by atoms with van der Waals surface area (Å²) in [6, 6.07) is 21.1. The molecule has 0 aromatic heterocycles.